The molecular formula is C17H25N5. The van der Waals surface area contributed by atoms with Crippen molar-refractivity contribution < 1.29 is 0 Å². The quantitative estimate of drug-likeness (QED) is 0.734. The zero-order valence-electron chi connectivity index (χ0n) is 13.6. The normalized spacial score (nSPS) is 12.2. The van der Waals surface area contributed by atoms with Crippen LogP contribution in [-0.2, 0) is 0 Å². The fourth-order valence-corrected chi connectivity index (χ4v) is 2.16. The Morgan fingerprint density at radius 3 is 2.64 bits per heavy atom. The van der Waals surface area contributed by atoms with Gasteiger partial charge in [0.05, 0.1) is 6.04 Å². The molecule has 1 heterocycles. The third-order valence-corrected chi connectivity index (χ3v) is 3.39. The Labute approximate surface area is 132 Å². The first-order valence-electron chi connectivity index (χ1n) is 7.68. The monoisotopic (exact) mass is 299 g/mol. The minimum atomic E-state index is 0.171. The summed E-state index contributed by atoms with van der Waals surface area (Å²) in [7, 11) is 4.16. The molecule has 5 heteroatoms. The van der Waals surface area contributed by atoms with Gasteiger partial charge in [0.1, 0.15) is 5.82 Å². The summed E-state index contributed by atoms with van der Waals surface area (Å²) in [6.45, 7) is 4.08. The Kier molecular flexibility index (Phi) is 6.15. The van der Waals surface area contributed by atoms with Gasteiger partial charge in [-0.25, -0.2) is 4.98 Å². The van der Waals surface area contributed by atoms with Crippen molar-refractivity contribution in [3.05, 3.63) is 48.2 Å². The lowest BCUT2D eigenvalue weighted by Gasteiger charge is -2.15. The fourth-order valence-electron chi connectivity index (χ4n) is 2.16. The SMILES string of the molecule is CC(Nc1nccc(NCCCN(C)C)n1)c1ccccc1. The highest BCUT2D eigenvalue weighted by molar-refractivity contribution is 5.40. The van der Waals surface area contributed by atoms with Gasteiger partial charge in [0.15, 0.2) is 0 Å². The minimum Gasteiger partial charge on any atom is -0.370 e. The van der Waals surface area contributed by atoms with Gasteiger partial charge in [-0.3, -0.25) is 0 Å². The van der Waals surface area contributed by atoms with Crippen molar-refractivity contribution in [2.45, 2.75) is 19.4 Å². The molecule has 0 aliphatic heterocycles. The van der Waals surface area contributed by atoms with E-state index in [4.69, 9.17) is 0 Å². The number of hydrogen-bond donors (Lipinski definition) is 2. The predicted molar refractivity (Wildman–Crippen MR) is 92.2 cm³/mol. The summed E-state index contributed by atoms with van der Waals surface area (Å²) < 4.78 is 0. The van der Waals surface area contributed by atoms with Crippen LogP contribution in [0.25, 0.3) is 0 Å². The molecule has 0 aliphatic carbocycles. The van der Waals surface area contributed by atoms with Crippen LogP contribution < -0.4 is 10.6 Å². The van der Waals surface area contributed by atoms with Gasteiger partial charge in [0.25, 0.3) is 0 Å². The summed E-state index contributed by atoms with van der Waals surface area (Å²) in [5, 5.41) is 6.67. The molecule has 22 heavy (non-hydrogen) atoms. The Bertz CT molecular complexity index is 556. The number of aromatic nitrogens is 2. The second-order valence-corrected chi connectivity index (χ2v) is 5.63. The Morgan fingerprint density at radius 2 is 1.91 bits per heavy atom. The highest BCUT2D eigenvalue weighted by atomic mass is 15.1. The lowest BCUT2D eigenvalue weighted by Crippen LogP contribution is -2.17. The van der Waals surface area contributed by atoms with Crippen LogP contribution in [0.2, 0.25) is 0 Å². The summed E-state index contributed by atoms with van der Waals surface area (Å²) >= 11 is 0. The molecule has 0 spiro atoms. The minimum absolute atomic E-state index is 0.171. The summed E-state index contributed by atoms with van der Waals surface area (Å²) in [5.74, 6) is 1.51. The Morgan fingerprint density at radius 1 is 1.14 bits per heavy atom. The van der Waals surface area contributed by atoms with Gasteiger partial charge in [-0.15, -0.1) is 0 Å². The third-order valence-electron chi connectivity index (χ3n) is 3.39. The molecule has 1 atom stereocenters. The Balaban J connectivity index is 1.88. The molecule has 2 rings (SSSR count). The molecule has 0 saturated carbocycles. The molecule has 118 valence electrons. The van der Waals surface area contributed by atoms with Crippen molar-refractivity contribution in [2.75, 3.05) is 37.8 Å². The van der Waals surface area contributed by atoms with E-state index in [2.05, 4.69) is 58.7 Å². The summed E-state index contributed by atoms with van der Waals surface area (Å²) in [5.41, 5.74) is 1.22. The van der Waals surface area contributed by atoms with Crippen molar-refractivity contribution >= 4 is 11.8 Å². The van der Waals surface area contributed by atoms with E-state index >= 15 is 0 Å². The standard InChI is InChI=1S/C17H25N5/c1-14(15-8-5-4-6-9-15)20-17-19-12-10-16(21-17)18-11-7-13-22(2)3/h4-6,8-10,12,14H,7,11,13H2,1-3H3,(H2,18,19,20,21). The maximum Gasteiger partial charge on any atom is 0.225 e. The van der Waals surface area contributed by atoms with Gasteiger partial charge >= 0.3 is 0 Å². The first-order valence-corrected chi connectivity index (χ1v) is 7.68. The topological polar surface area (TPSA) is 53.1 Å². The van der Waals surface area contributed by atoms with Crippen LogP contribution in [0.1, 0.15) is 24.9 Å². The zero-order chi connectivity index (χ0) is 15.8. The average molecular weight is 299 g/mol. The first-order chi connectivity index (χ1) is 10.6. The number of benzene rings is 1. The van der Waals surface area contributed by atoms with Gasteiger partial charge in [0, 0.05) is 12.7 Å². The van der Waals surface area contributed by atoms with Crippen LogP contribution in [0, 0.1) is 0 Å². The van der Waals surface area contributed by atoms with E-state index in [1.165, 1.54) is 5.56 Å². The molecule has 0 radical (unpaired) electrons. The van der Waals surface area contributed by atoms with Crippen LogP contribution in [0.15, 0.2) is 42.6 Å². The van der Waals surface area contributed by atoms with Crippen molar-refractivity contribution in [1.29, 1.82) is 0 Å². The summed E-state index contributed by atoms with van der Waals surface area (Å²) in [6.07, 6.45) is 2.86. The van der Waals surface area contributed by atoms with Crippen molar-refractivity contribution in [1.82, 2.24) is 14.9 Å². The molecule has 0 aliphatic rings. The van der Waals surface area contributed by atoms with Crippen LogP contribution in [0.4, 0.5) is 11.8 Å². The summed E-state index contributed by atoms with van der Waals surface area (Å²) in [6, 6.07) is 12.4. The second-order valence-electron chi connectivity index (χ2n) is 5.63. The number of nitrogens with zero attached hydrogens (tertiary/aromatic N) is 3. The molecule has 1 unspecified atom stereocenters. The molecule has 2 aromatic rings. The maximum atomic E-state index is 4.51. The number of hydrogen-bond acceptors (Lipinski definition) is 5. The smallest absolute Gasteiger partial charge is 0.225 e. The lowest BCUT2D eigenvalue weighted by molar-refractivity contribution is 0.405. The van der Waals surface area contributed by atoms with Gasteiger partial charge in [-0.2, -0.15) is 4.98 Å². The Hall–Kier alpha value is -2.14. The first kappa shape index (κ1) is 16.2. The van der Waals surface area contributed by atoms with Crippen LogP contribution in [-0.4, -0.2) is 42.1 Å². The number of anilines is 2. The molecule has 0 saturated heterocycles. The van der Waals surface area contributed by atoms with Crippen molar-refractivity contribution in [3.63, 3.8) is 0 Å². The van der Waals surface area contributed by atoms with Crippen LogP contribution in [0.5, 0.6) is 0 Å². The molecule has 1 aromatic heterocycles. The van der Waals surface area contributed by atoms with E-state index in [0.717, 1.165) is 25.3 Å². The molecule has 0 fully saturated rings. The van der Waals surface area contributed by atoms with Gasteiger partial charge in [-0.05, 0) is 45.6 Å². The van der Waals surface area contributed by atoms with E-state index in [0.29, 0.717) is 5.95 Å². The largest absolute Gasteiger partial charge is 0.370 e. The van der Waals surface area contributed by atoms with Crippen LogP contribution >= 0.6 is 0 Å². The highest BCUT2D eigenvalue weighted by Crippen LogP contribution is 2.16. The molecule has 0 bridgehead atoms. The number of rotatable bonds is 8. The van der Waals surface area contributed by atoms with Crippen LogP contribution in [0.3, 0.4) is 0 Å². The molecule has 2 N–H and O–H groups in total. The predicted octanol–water partition coefficient (Wildman–Crippen LogP) is 3.01. The number of nitrogens with one attached hydrogen (secondary N) is 2. The van der Waals surface area contributed by atoms with E-state index in [-0.39, 0.29) is 6.04 Å². The summed E-state index contributed by atoms with van der Waals surface area (Å²) in [4.78, 5) is 11.0. The highest BCUT2D eigenvalue weighted by Gasteiger charge is 2.06. The molecular weight excluding hydrogens is 274 g/mol. The maximum absolute atomic E-state index is 4.51. The van der Waals surface area contributed by atoms with Gasteiger partial charge in [-0.1, -0.05) is 30.3 Å². The van der Waals surface area contributed by atoms with Gasteiger partial charge in [0.2, 0.25) is 5.95 Å². The van der Waals surface area contributed by atoms with E-state index in [9.17, 15) is 0 Å². The van der Waals surface area contributed by atoms with E-state index in [1.54, 1.807) is 6.20 Å². The average Bonchev–Trinajstić information content (AvgIpc) is 2.52. The third kappa shape index (κ3) is 5.33. The van der Waals surface area contributed by atoms with Crippen molar-refractivity contribution in [2.24, 2.45) is 0 Å². The van der Waals surface area contributed by atoms with E-state index in [1.807, 2.05) is 24.3 Å². The molecule has 0 amide bonds. The lowest BCUT2D eigenvalue weighted by atomic mass is 10.1. The molecule has 1 aromatic carbocycles. The molecule has 5 nitrogen and oxygen atoms in total. The van der Waals surface area contributed by atoms with E-state index < -0.39 is 0 Å². The zero-order valence-corrected chi connectivity index (χ0v) is 13.6. The van der Waals surface area contributed by atoms with Gasteiger partial charge < -0.3 is 15.5 Å². The fraction of sp³-hybridized carbons (Fsp3) is 0.412. The van der Waals surface area contributed by atoms with Crippen molar-refractivity contribution in [3.8, 4) is 0 Å². The second kappa shape index (κ2) is 8.34.